The summed E-state index contributed by atoms with van der Waals surface area (Å²) >= 11 is 7.61. The number of carbonyl (C=O) groups excluding carboxylic acids is 1. The van der Waals surface area contributed by atoms with E-state index in [0.29, 0.717) is 34.6 Å². The molecule has 2 heterocycles. The number of Topliss-reactive ketones (excluding diaryl/α,β-unsaturated/α-hetero) is 1. The van der Waals surface area contributed by atoms with Gasteiger partial charge < -0.3 is 5.11 Å². The van der Waals surface area contributed by atoms with Crippen LogP contribution in [0.25, 0.3) is 5.76 Å². The lowest BCUT2D eigenvalue weighted by Gasteiger charge is -2.41. The number of allylic oxidation sites excluding steroid dienone is 2. The molecule has 0 radical (unpaired) electrons. The van der Waals surface area contributed by atoms with Gasteiger partial charge >= 0.3 is 0 Å². The van der Waals surface area contributed by atoms with Crippen molar-refractivity contribution in [1.82, 2.24) is 0 Å². The van der Waals surface area contributed by atoms with Crippen molar-refractivity contribution in [3.05, 3.63) is 104 Å². The topological polar surface area (TPSA) is 64.4 Å². The third-order valence-electron chi connectivity index (χ3n) is 6.22. The average Bonchev–Trinajstić information content (AvgIpc) is 3.33. The van der Waals surface area contributed by atoms with Gasteiger partial charge in [-0.2, -0.15) is 0 Å². The Labute approximate surface area is 202 Å². The SMILES string of the molecule is Cc1cccc(N2C(=N)/C(=C(/O)c3ccc(Cl)cc3)C(c3cccs3)C3=C2CCCC3=O)c1. The number of aliphatic hydroxyl groups excluding tert-OH is 1. The lowest BCUT2D eigenvalue weighted by molar-refractivity contribution is -0.116. The van der Waals surface area contributed by atoms with Crippen LogP contribution in [0, 0.1) is 12.3 Å². The Balaban J connectivity index is 1.81. The summed E-state index contributed by atoms with van der Waals surface area (Å²) < 4.78 is 0. The third-order valence-corrected chi connectivity index (χ3v) is 7.40. The van der Waals surface area contributed by atoms with Crippen molar-refractivity contribution in [2.24, 2.45) is 0 Å². The molecule has 1 atom stereocenters. The van der Waals surface area contributed by atoms with E-state index < -0.39 is 5.92 Å². The van der Waals surface area contributed by atoms with E-state index in [-0.39, 0.29) is 17.4 Å². The van der Waals surface area contributed by atoms with Crippen LogP contribution in [0.5, 0.6) is 0 Å². The Hall–Kier alpha value is -3.15. The smallest absolute Gasteiger partial charge is 0.161 e. The molecule has 33 heavy (non-hydrogen) atoms. The van der Waals surface area contributed by atoms with Gasteiger partial charge in [0.1, 0.15) is 11.6 Å². The van der Waals surface area contributed by atoms with Crippen molar-refractivity contribution in [2.75, 3.05) is 4.90 Å². The van der Waals surface area contributed by atoms with E-state index in [2.05, 4.69) is 0 Å². The maximum absolute atomic E-state index is 13.4. The Kier molecular flexibility index (Phi) is 5.69. The molecule has 0 saturated heterocycles. The van der Waals surface area contributed by atoms with E-state index in [0.717, 1.165) is 28.2 Å². The van der Waals surface area contributed by atoms with Gasteiger partial charge in [0.25, 0.3) is 0 Å². The minimum absolute atomic E-state index is 0.00218. The number of nitrogens with one attached hydrogen (secondary N) is 1. The molecule has 1 unspecified atom stereocenters. The number of ketones is 1. The van der Waals surface area contributed by atoms with Crippen LogP contribution in [0.15, 0.2) is 82.9 Å². The Morgan fingerprint density at radius 1 is 1.12 bits per heavy atom. The van der Waals surface area contributed by atoms with Gasteiger partial charge in [0.2, 0.25) is 0 Å². The lowest BCUT2D eigenvalue weighted by Crippen LogP contribution is -2.42. The van der Waals surface area contributed by atoms with E-state index in [9.17, 15) is 15.3 Å². The number of hydrogen-bond acceptors (Lipinski definition) is 4. The van der Waals surface area contributed by atoms with Crippen LogP contribution in [-0.4, -0.2) is 16.7 Å². The molecule has 0 spiro atoms. The molecule has 2 aliphatic rings. The summed E-state index contributed by atoms with van der Waals surface area (Å²) in [5.41, 5.74) is 4.46. The summed E-state index contributed by atoms with van der Waals surface area (Å²) in [5, 5.41) is 23.3. The summed E-state index contributed by atoms with van der Waals surface area (Å²) in [6, 6.07) is 18.8. The summed E-state index contributed by atoms with van der Waals surface area (Å²) in [6.07, 6.45) is 1.95. The number of benzene rings is 2. The number of anilines is 1. The summed E-state index contributed by atoms with van der Waals surface area (Å²) in [4.78, 5) is 16.2. The predicted octanol–water partition coefficient (Wildman–Crippen LogP) is 7.27. The molecule has 166 valence electrons. The van der Waals surface area contributed by atoms with Crippen LogP contribution < -0.4 is 4.90 Å². The molecule has 0 amide bonds. The van der Waals surface area contributed by atoms with E-state index in [1.54, 1.807) is 24.3 Å². The Morgan fingerprint density at radius 3 is 2.61 bits per heavy atom. The molecular formula is C27H23ClN2O2S. The van der Waals surface area contributed by atoms with Crippen LogP contribution in [-0.2, 0) is 4.79 Å². The van der Waals surface area contributed by atoms with Gasteiger partial charge in [-0.25, -0.2) is 0 Å². The molecule has 3 aromatic rings. The second kappa shape index (κ2) is 8.65. The van der Waals surface area contributed by atoms with E-state index in [1.165, 1.54) is 11.3 Å². The molecular weight excluding hydrogens is 452 g/mol. The summed E-state index contributed by atoms with van der Waals surface area (Å²) in [7, 11) is 0. The highest BCUT2D eigenvalue weighted by molar-refractivity contribution is 7.10. The number of nitrogens with zero attached hydrogens (tertiary/aromatic N) is 1. The molecule has 0 saturated carbocycles. The first-order valence-electron chi connectivity index (χ1n) is 10.9. The molecule has 1 aliphatic heterocycles. The van der Waals surface area contributed by atoms with Gasteiger partial charge in [-0.15, -0.1) is 11.3 Å². The highest BCUT2D eigenvalue weighted by atomic mass is 35.5. The van der Waals surface area contributed by atoms with Crippen LogP contribution in [0.4, 0.5) is 5.69 Å². The third kappa shape index (κ3) is 3.81. The predicted molar refractivity (Wildman–Crippen MR) is 135 cm³/mol. The second-order valence-corrected chi connectivity index (χ2v) is 9.79. The molecule has 2 aromatic carbocycles. The van der Waals surface area contributed by atoms with Gasteiger partial charge in [0.15, 0.2) is 5.78 Å². The standard InChI is InChI=1S/C27H23ClN2O2S/c1-16-5-2-6-19(15-16)30-20-7-3-8-21(31)23(20)24(22-9-4-14-33-22)25(27(30)29)26(32)17-10-12-18(28)13-11-17/h2,4-6,9-15,24,29,32H,3,7-8H2,1H3/b26-25+,29-27?. The van der Waals surface area contributed by atoms with Crippen LogP contribution >= 0.6 is 22.9 Å². The van der Waals surface area contributed by atoms with Crippen molar-refractivity contribution in [1.29, 1.82) is 5.41 Å². The van der Waals surface area contributed by atoms with Crippen molar-refractivity contribution in [2.45, 2.75) is 32.1 Å². The highest BCUT2D eigenvalue weighted by Gasteiger charge is 2.43. The van der Waals surface area contributed by atoms with Crippen molar-refractivity contribution < 1.29 is 9.90 Å². The molecule has 5 rings (SSSR count). The minimum atomic E-state index is -0.475. The first-order valence-corrected chi connectivity index (χ1v) is 12.2. The quantitative estimate of drug-likeness (QED) is 0.392. The number of thiophene rings is 1. The fourth-order valence-corrected chi connectivity index (χ4v) is 5.72. The number of carbonyl (C=O) groups is 1. The van der Waals surface area contributed by atoms with Crippen LogP contribution in [0.2, 0.25) is 5.02 Å². The van der Waals surface area contributed by atoms with Crippen LogP contribution in [0.3, 0.4) is 0 Å². The zero-order chi connectivity index (χ0) is 23.1. The minimum Gasteiger partial charge on any atom is -0.507 e. The number of rotatable bonds is 3. The van der Waals surface area contributed by atoms with Gasteiger partial charge in [0, 0.05) is 38.8 Å². The maximum atomic E-state index is 13.4. The number of aryl methyl sites for hydroxylation is 1. The number of amidine groups is 1. The van der Waals surface area contributed by atoms with Gasteiger partial charge in [-0.1, -0.05) is 29.8 Å². The second-order valence-electron chi connectivity index (χ2n) is 8.38. The van der Waals surface area contributed by atoms with E-state index in [4.69, 9.17) is 11.6 Å². The van der Waals surface area contributed by atoms with E-state index in [1.807, 2.05) is 53.6 Å². The van der Waals surface area contributed by atoms with Crippen LogP contribution in [0.1, 0.15) is 41.2 Å². The van der Waals surface area contributed by atoms with Gasteiger partial charge in [-0.05, 0) is 73.2 Å². The monoisotopic (exact) mass is 474 g/mol. The number of aliphatic hydroxyl groups is 1. The zero-order valence-corrected chi connectivity index (χ0v) is 19.7. The van der Waals surface area contributed by atoms with Crippen molar-refractivity contribution in [3.63, 3.8) is 0 Å². The Morgan fingerprint density at radius 2 is 1.91 bits per heavy atom. The molecule has 0 fully saturated rings. The van der Waals surface area contributed by atoms with Gasteiger partial charge in [-0.3, -0.25) is 15.1 Å². The number of hydrogen-bond donors (Lipinski definition) is 2. The summed E-state index contributed by atoms with van der Waals surface area (Å²) in [5.74, 6) is -0.198. The Bertz CT molecular complexity index is 1310. The first kappa shape index (κ1) is 21.7. The molecule has 1 aromatic heterocycles. The average molecular weight is 475 g/mol. The fourth-order valence-electron chi connectivity index (χ4n) is 4.75. The molecule has 2 N–H and O–H groups in total. The molecule has 1 aliphatic carbocycles. The molecule has 6 heteroatoms. The molecule has 0 bridgehead atoms. The number of halogens is 1. The maximum Gasteiger partial charge on any atom is 0.161 e. The normalized spacial score (nSPS) is 20.2. The largest absolute Gasteiger partial charge is 0.507 e. The zero-order valence-electron chi connectivity index (χ0n) is 18.1. The summed E-state index contributed by atoms with van der Waals surface area (Å²) in [6.45, 7) is 2.01. The first-order chi connectivity index (χ1) is 16.0. The fraction of sp³-hybridized carbons (Fsp3) is 0.185. The van der Waals surface area contributed by atoms with Crippen molar-refractivity contribution >= 4 is 46.0 Å². The molecule has 4 nitrogen and oxygen atoms in total. The van der Waals surface area contributed by atoms with Crippen molar-refractivity contribution in [3.8, 4) is 0 Å². The highest BCUT2D eigenvalue weighted by Crippen LogP contribution is 2.48. The lowest BCUT2D eigenvalue weighted by atomic mass is 9.76. The van der Waals surface area contributed by atoms with Gasteiger partial charge in [0.05, 0.1) is 11.5 Å². The van der Waals surface area contributed by atoms with E-state index >= 15 is 0 Å².